The zero-order valence-electron chi connectivity index (χ0n) is 13.6. The third kappa shape index (κ3) is 5.77. The van der Waals surface area contributed by atoms with Crippen molar-refractivity contribution in [1.29, 1.82) is 0 Å². The van der Waals surface area contributed by atoms with Crippen molar-refractivity contribution in [3.05, 3.63) is 73.8 Å². The molecule has 2 rings (SSSR count). The standard InChI is InChI=1S/C17H12Cl2N2O6/c18-11-4-5-13(14(19)7-11)15(22)9-27-16(23)8-20-17(24)10-2-1-3-12(6-10)21(25)26/h1-7H,8-9H2,(H,20,24). The lowest BCUT2D eigenvalue weighted by Gasteiger charge is -2.07. The van der Waals surface area contributed by atoms with E-state index in [9.17, 15) is 24.5 Å². The van der Waals surface area contributed by atoms with Crippen LogP contribution >= 0.6 is 23.2 Å². The van der Waals surface area contributed by atoms with Crippen LogP contribution in [0, 0.1) is 10.1 Å². The number of nitro benzene ring substituents is 1. The minimum absolute atomic E-state index is 0.0148. The number of ether oxygens (including phenoxy) is 1. The summed E-state index contributed by atoms with van der Waals surface area (Å²) < 4.78 is 4.79. The maximum atomic E-state index is 12.0. The number of nitrogens with one attached hydrogen (secondary N) is 1. The molecule has 140 valence electrons. The second-order valence-corrected chi connectivity index (χ2v) is 6.04. The van der Waals surface area contributed by atoms with E-state index in [1.807, 2.05) is 0 Å². The Kier molecular flexibility index (Phi) is 6.86. The van der Waals surface area contributed by atoms with Crippen LogP contribution in [-0.2, 0) is 9.53 Å². The van der Waals surface area contributed by atoms with E-state index in [0.717, 1.165) is 6.07 Å². The lowest BCUT2D eigenvalue weighted by molar-refractivity contribution is -0.384. The number of carbonyl (C=O) groups is 3. The molecule has 0 radical (unpaired) electrons. The van der Waals surface area contributed by atoms with Crippen molar-refractivity contribution in [3.63, 3.8) is 0 Å². The van der Waals surface area contributed by atoms with E-state index in [1.165, 1.54) is 36.4 Å². The van der Waals surface area contributed by atoms with E-state index >= 15 is 0 Å². The van der Waals surface area contributed by atoms with Crippen LogP contribution in [0.3, 0.4) is 0 Å². The van der Waals surface area contributed by atoms with Crippen LogP contribution in [0.15, 0.2) is 42.5 Å². The number of hydrogen-bond acceptors (Lipinski definition) is 6. The Bertz CT molecular complexity index is 916. The first-order valence-electron chi connectivity index (χ1n) is 7.44. The molecule has 0 saturated carbocycles. The molecule has 0 aliphatic heterocycles. The summed E-state index contributed by atoms with van der Waals surface area (Å²) in [5.41, 5.74) is -0.0915. The number of esters is 1. The molecule has 0 bridgehead atoms. The maximum absolute atomic E-state index is 12.0. The summed E-state index contributed by atoms with van der Waals surface area (Å²) >= 11 is 11.6. The van der Waals surface area contributed by atoms with E-state index < -0.39 is 35.7 Å². The lowest BCUT2D eigenvalue weighted by atomic mass is 10.1. The fraction of sp³-hybridized carbons (Fsp3) is 0.118. The van der Waals surface area contributed by atoms with Crippen molar-refractivity contribution in [1.82, 2.24) is 5.32 Å². The van der Waals surface area contributed by atoms with E-state index in [4.69, 9.17) is 27.9 Å². The number of amides is 1. The average Bonchev–Trinajstić information content (AvgIpc) is 2.64. The number of nitrogens with zero attached hydrogens (tertiary/aromatic N) is 1. The van der Waals surface area contributed by atoms with Gasteiger partial charge in [-0.1, -0.05) is 29.3 Å². The van der Waals surface area contributed by atoms with Gasteiger partial charge in [0.1, 0.15) is 6.54 Å². The second kappa shape index (κ2) is 9.11. The van der Waals surface area contributed by atoms with Crippen molar-refractivity contribution in [2.24, 2.45) is 0 Å². The molecule has 0 heterocycles. The van der Waals surface area contributed by atoms with Crippen LogP contribution in [0.25, 0.3) is 0 Å². The highest BCUT2D eigenvalue weighted by Crippen LogP contribution is 2.21. The van der Waals surface area contributed by atoms with Crippen LogP contribution in [0.1, 0.15) is 20.7 Å². The van der Waals surface area contributed by atoms with Gasteiger partial charge in [0.15, 0.2) is 6.61 Å². The summed E-state index contributed by atoms with van der Waals surface area (Å²) in [6, 6.07) is 9.29. The largest absolute Gasteiger partial charge is 0.456 e. The first kappa shape index (κ1) is 20.3. The van der Waals surface area contributed by atoms with Gasteiger partial charge in [-0.05, 0) is 24.3 Å². The summed E-state index contributed by atoms with van der Waals surface area (Å²) in [4.78, 5) is 45.6. The van der Waals surface area contributed by atoms with Gasteiger partial charge >= 0.3 is 5.97 Å². The van der Waals surface area contributed by atoms with Crippen molar-refractivity contribution < 1.29 is 24.0 Å². The number of nitro groups is 1. The van der Waals surface area contributed by atoms with Gasteiger partial charge in [-0.15, -0.1) is 0 Å². The van der Waals surface area contributed by atoms with Crippen LogP contribution < -0.4 is 5.32 Å². The summed E-state index contributed by atoms with van der Waals surface area (Å²) in [6.07, 6.45) is 0. The molecular weight excluding hydrogens is 399 g/mol. The third-order valence-corrected chi connectivity index (χ3v) is 3.86. The molecule has 0 aliphatic rings. The van der Waals surface area contributed by atoms with Crippen LogP contribution in [-0.4, -0.2) is 35.7 Å². The Morgan fingerprint density at radius 2 is 1.85 bits per heavy atom. The molecule has 2 aromatic rings. The lowest BCUT2D eigenvalue weighted by Crippen LogP contribution is -2.31. The topological polar surface area (TPSA) is 116 Å². The van der Waals surface area contributed by atoms with Gasteiger partial charge in [-0.25, -0.2) is 0 Å². The molecule has 1 amide bonds. The summed E-state index contributed by atoms with van der Waals surface area (Å²) in [7, 11) is 0. The minimum atomic E-state index is -0.854. The number of halogens is 2. The highest BCUT2D eigenvalue weighted by atomic mass is 35.5. The Morgan fingerprint density at radius 1 is 1.11 bits per heavy atom. The molecule has 27 heavy (non-hydrogen) atoms. The molecule has 0 aliphatic carbocycles. The Labute approximate surface area is 163 Å². The molecule has 8 nitrogen and oxygen atoms in total. The van der Waals surface area contributed by atoms with Crippen molar-refractivity contribution in [3.8, 4) is 0 Å². The predicted molar refractivity (Wildman–Crippen MR) is 97.2 cm³/mol. The van der Waals surface area contributed by atoms with Gasteiger partial charge in [0.05, 0.1) is 9.95 Å². The van der Waals surface area contributed by atoms with Gasteiger partial charge in [0.2, 0.25) is 5.78 Å². The quantitative estimate of drug-likeness (QED) is 0.324. The highest BCUT2D eigenvalue weighted by Gasteiger charge is 2.15. The van der Waals surface area contributed by atoms with E-state index in [2.05, 4.69) is 5.32 Å². The van der Waals surface area contributed by atoms with Gasteiger partial charge in [0, 0.05) is 28.3 Å². The van der Waals surface area contributed by atoms with Gasteiger partial charge < -0.3 is 10.1 Å². The molecule has 0 atom stereocenters. The number of carbonyl (C=O) groups excluding carboxylic acids is 3. The zero-order valence-corrected chi connectivity index (χ0v) is 15.1. The molecule has 0 fully saturated rings. The number of Topliss-reactive ketones (excluding diaryl/α,β-unsaturated/α-hetero) is 1. The highest BCUT2D eigenvalue weighted by molar-refractivity contribution is 6.36. The number of ketones is 1. The monoisotopic (exact) mass is 410 g/mol. The van der Waals surface area contributed by atoms with Crippen molar-refractivity contribution >= 4 is 46.5 Å². The Balaban J connectivity index is 1.85. The van der Waals surface area contributed by atoms with E-state index in [1.54, 1.807) is 0 Å². The first-order chi connectivity index (χ1) is 12.8. The van der Waals surface area contributed by atoms with Gasteiger partial charge in [-0.2, -0.15) is 0 Å². The zero-order chi connectivity index (χ0) is 20.0. The van der Waals surface area contributed by atoms with Crippen LogP contribution in [0.4, 0.5) is 5.69 Å². The summed E-state index contributed by atoms with van der Waals surface area (Å²) in [5, 5.41) is 13.4. The van der Waals surface area contributed by atoms with Crippen molar-refractivity contribution in [2.75, 3.05) is 13.2 Å². The predicted octanol–water partition coefficient (Wildman–Crippen LogP) is 3.06. The Morgan fingerprint density at radius 3 is 2.52 bits per heavy atom. The number of non-ortho nitro benzene ring substituents is 1. The van der Waals surface area contributed by atoms with Crippen LogP contribution in [0.5, 0.6) is 0 Å². The fourth-order valence-corrected chi connectivity index (χ4v) is 2.52. The maximum Gasteiger partial charge on any atom is 0.325 e. The molecule has 2 aromatic carbocycles. The SMILES string of the molecule is O=C(CNC(=O)c1cccc([N+](=O)[O-])c1)OCC(=O)c1ccc(Cl)cc1Cl. The summed E-state index contributed by atoms with van der Waals surface area (Å²) in [5.74, 6) is -2.08. The first-order valence-corrected chi connectivity index (χ1v) is 8.20. The molecular formula is C17H12Cl2N2O6. The number of benzene rings is 2. The van der Waals surface area contributed by atoms with E-state index in [0.29, 0.717) is 5.02 Å². The smallest absolute Gasteiger partial charge is 0.325 e. The van der Waals surface area contributed by atoms with Gasteiger partial charge in [-0.3, -0.25) is 24.5 Å². The van der Waals surface area contributed by atoms with Gasteiger partial charge in [0.25, 0.3) is 11.6 Å². The molecule has 0 unspecified atom stereocenters. The fourth-order valence-electron chi connectivity index (χ4n) is 2.01. The molecule has 0 aromatic heterocycles. The molecule has 10 heteroatoms. The minimum Gasteiger partial charge on any atom is -0.456 e. The number of hydrogen-bond donors (Lipinski definition) is 1. The Hall–Kier alpha value is -2.97. The van der Waals surface area contributed by atoms with E-state index in [-0.39, 0.29) is 21.8 Å². The van der Waals surface area contributed by atoms with Crippen molar-refractivity contribution in [2.45, 2.75) is 0 Å². The van der Waals surface area contributed by atoms with Crippen LogP contribution in [0.2, 0.25) is 10.0 Å². The molecule has 0 spiro atoms. The second-order valence-electron chi connectivity index (χ2n) is 5.20. The molecule has 1 N–H and O–H groups in total. The normalized spacial score (nSPS) is 10.1. The third-order valence-electron chi connectivity index (χ3n) is 3.31. The average molecular weight is 411 g/mol. The number of rotatable bonds is 7. The summed E-state index contributed by atoms with van der Waals surface area (Å²) in [6.45, 7) is -1.07. The molecule has 0 saturated heterocycles.